The molecule has 6 heteroatoms. The smallest absolute Gasteiger partial charge is 0.230 e. The van der Waals surface area contributed by atoms with Gasteiger partial charge < -0.3 is 4.90 Å². The van der Waals surface area contributed by atoms with Gasteiger partial charge in [0.2, 0.25) is 15.9 Å². The Morgan fingerprint density at radius 2 is 1.92 bits per heavy atom. The number of piperidine rings is 1. The Kier molecular flexibility index (Phi) is 4.97. The Morgan fingerprint density at radius 1 is 1.21 bits per heavy atom. The van der Waals surface area contributed by atoms with E-state index in [9.17, 15) is 13.2 Å². The molecule has 2 aliphatic rings. The van der Waals surface area contributed by atoms with Gasteiger partial charge >= 0.3 is 0 Å². The molecular formula is C18H26N2O3S. The van der Waals surface area contributed by atoms with E-state index in [1.807, 2.05) is 4.90 Å². The second-order valence-corrected chi connectivity index (χ2v) is 9.06. The Balaban J connectivity index is 1.71. The van der Waals surface area contributed by atoms with Crippen molar-refractivity contribution in [3.8, 4) is 0 Å². The highest BCUT2D eigenvalue weighted by Crippen LogP contribution is 2.31. The maximum absolute atomic E-state index is 13.0. The van der Waals surface area contributed by atoms with Crippen molar-refractivity contribution in [2.24, 2.45) is 5.92 Å². The summed E-state index contributed by atoms with van der Waals surface area (Å²) in [6.45, 7) is 5.43. The van der Waals surface area contributed by atoms with Crippen LogP contribution in [-0.4, -0.2) is 44.0 Å². The van der Waals surface area contributed by atoms with Crippen molar-refractivity contribution in [3.63, 3.8) is 0 Å². The zero-order valence-corrected chi connectivity index (χ0v) is 15.3. The van der Waals surface area contributed by atoms with E-state index in [0.29, 0.717) is 25.9 Å². The average Bonchev–Trinajstić information content (AvgIpc) is 2.60. The van der Waals surface area contributed by atoms with Crippen LogP contribution in [0.2, 0.25) is 0 Å². The first-order valence-electron chi connectivity index (χ1n) is 8.81. The molecule has 5 nitrogen and oxygen atoms in total. The Labute approximate surface area is 144 Å². The molecule has 2 aliphatic heterocycles. The van der Waals surface area contributed by atoms with Crippen LogP contribution >= 0.6 is 0 Å². The van der Waals surface area contributed by atoms with Crippen molar-refractivity contribution in [2.75, 3.05) is 30.3 Å². The molecule has 24 heavy (non-hydrogen) atoms. The summed E-state index contributed by atoms with van der Waals surface area (Å²) in [5.41, 5.74) is 3.52. The highest BCUT2D eigenvalue weighted by Gasteiger charge is 2.34. The van der Waals surface area contributed by atoms with Crippen LogP contribution < -0.4 is 4.90 Å². The van der Waals surface area contributed by atoms with Crippen LogP contribution in [0, 0.1) is 12.8 Å². The molecule has 0 aromatic heterocycles. The van der Waals surface area contributed by atoms with E-state index in [-0.39, 0.29) is 17.6 Å². The molecule has 0 unspecified atom stereocenters. The predicted molar refractivity (Wildman–Crippen MR) is 95.6 cm³/mol. The SMILES string of the molecule is CCS(=O)(=O)N1CCC(C(=O)N2CCCc3cc(C)ccc32)CC1. The molecule has 0 atom stereocenters. The zero-order chi connectivity index (χ0) is 17.3. The Bertz CT molecular complexity index is 722. The van der Waals surface area contributed by atoms with Crippen LogP contribution in [-0.2, 0) is 21.2 Å². The predicted octanol–water partition coefficient (Wildman–Crippen LogP) is 2.34. The molecule has 0 bridgehead atoms. The lowest BCUT2D eigenvalue weighted by atomic mass is 9.93. The Morgan fingerprint density at radius 3 is 2.58 bits per heavy atom. The van der Waals surface area contributed by atoms with Gasteiger partial charge in [0, 0.05) is 31.2 Å². The number of nitrogens with zero attached hydrogens (tertiary/aromatic N) is 2. The highest BCUT2D eigenvalue weighted by atomic mass is 32.2. The molecule has 2 heterocycles. The third-order valence-corrected chi connectivity index (χ3v) is 7.06. The molecule has 0 spiro atoms. The number of fused-ring (bicyclic) bond motifs is 1. The first-order chi connectivity index (χ1) is 11.4. The summed E-state index contributed by atoms with van der Waals surface area (Å²) in [7, 11) is -3.14. The van der Waals surface area contributed by atoms with Gasteiger partial charge in [-0.1, -0.05) is 17.7 Å². The summed E-state index contributed by atoms with van der Waals surface area (Å²) in [6.07, 6.45) is 3.25. The number of sulfonamides is 1. The first-order valence-corrected chi connectivity index (χ1v) is 10.4. The lowest BCUT2D eigenvalue weighted by Crippen LogP contribution is -2.46. The van der Waals surface area contributed by atoms with Gasteiger partial charge in [-0.25, -0.2) is 12.7 Å². The number of hydrogen-bond acceptors (Lipinski definition) is 3. The van der Waals surface area contributed by atoms with Crippen LogP contribution in [0.15, 0.2) is 18.2 Å². The lowest BCUT2D eigenvalue weighted by molar-refractivity contribution is -0.123. The van der Waals surface area contributed by atoms with E-state index in [2.05, 4.69) is 25.1 Å². The quantitative estimate of drug-likeness (QED) is 0.841. The summed E-state index contributed by atoms with van der Waals surface area (Å²) in [5.74, 6) is 0.221. The van der Waals surface area contributed by atoms with Gasteiger partial charge in [0.05, 0.1) is 5.75 Å². The van der Waals surface area contributed by atoms with Crippen LogP contribution in [0.5, 0.6) is 0 Å². The van der Waals surface area contributed by atoms with E-state index in [0.717, 1.165) is 25.1 Å². The number of amides is 1. The van der Waals surface area contributed by atoms with Gasteiger partial charge in [-0.05, 0) is 51.2 Å². The first kappa shape index (κ1) is 17.4. The van der Waals surface area contributed by atoms with E-state index >= 15 is 0 Å². The van der Waals surface area contributed by atoms with Crippen LogP contribution in [0.1, 0.15) is 37.3 Å². The van der Waals surface area contributed by atoms with Crippen molar-refractivity contribution < 1.29 is 13.2 Å². The molecule has 1 amide bonds. The van der Waals surface area contributed by atoms with Crippen molar-refractivity contribution in [3.05, 3.63) is 29.3 Å². The van der Waals surface area contributed by atoms with Crippen molar-refractivity contribution in [1.82, 2.24) is 4.31 Å². The van der Waals surface area contributed by atoms with Crippen molar-refractivity contribution >= 4 is 21.6 Å². The number of anilines is 1. The number of hydrogen-bond donors (Lipinski definition) is 0. The summed E-state index contributed by atoms with van der Waals surface area (Å²) < 4.78 is 25.4. The molecule has 1 saturated heterocycles. The fourth-order valence-electron chi connectivity index (χ4n) is 3.74. The van der Waals surface area contributed by atoms with Crippen LogP contribution in [0.3, 0.4) is 0 Å². The Hall–Kier alpha value is -1.40. The number of benzene rings is 1. The standard InChI is InChI=1S/C18H26N2O3S/c1-3-24(22,23)19-11-8-15(9-12-19)18(21)20-10-4-5-16-13-14(2)6-7-17(16)20/h6-7,13,15H,3-5,8-12H2,1-2H3. The second-order valence-electron chi connectivity index (χ2n) is 6.80. The van der Waals surface area contributed by atoms with Gasteiger partial charge in [-0.15, -0.1) is 0 Å². The number of aryl methyl sites for hydroxylation is 2. The largest absolute Gasteiger partial charge is 0.312 e. The molecule has 1 fully saturated rings. The minimum Gasteiger partial charge on any atom is -0.312 e. The van der Waals surface area contributed by atoms with Crippen molar-refractivity contribution in [1.29, 1.82) is 0 Å². The van der Waals surface area contributed by atoms with E-state index in [4.69, 9.17) is 0 Å². The van der Waals surface area contributed by atoms with Gasteiger partial charge in [0.25, 0.3) is 0 Å². The van der Waals surface area contributed by atoms with Gasteiger partial charge in [0.15, 0.2) is 0 Å². The van der Waals surface area contributed by atoms with Gasteiger partial charge in [0.1, 0.15) is 0 Å². The number of carbonyl (C=O) groups excluding carboxylic acids is 1. The van der Waals surface area contributed by atoms with Gasteiger partial charge in [-0.2, -0.15) is 0 Å². The minimum atomic E-state index is -3.14. The molecule has 0 radical (unpaired) electrons. The van der Waals surface area contributed by atoms with E-state index in [1.165, 1.54) is 15.4 Å². The molecule has 132 valence electrons. The fourth-order valence-corrected chi connectivity index (χ4v) is 4.87. The topological polar surface area (TPSA) is 57.7 Å². The van der Waals surface area contributed by atoms with E-state index in [1.54, 1.807) is 6.92 Å². The summed E-state index contributed by atoms with van der Waals surface area (Å²) in [6, 6.07) is 6.28. The normalized spacial score (nSPS) is 20.0. The third-order valence-electron chi connectivity index (χ3n) is 5.18. The number of carbonyl (C=O) groups is 1. The third kappa shape index (κ3) is 3.35. The molecule has 3 rings (SSSR count). The molecular weight excluding hydrogens is 324 g/mol. The monoisotopic (exact) mass is 350 g/mol. The molecule has 1 aromatic carbocycles. The van der Waals surface area contributed by atoms with Crippen LogP contribution in [0.25, 0.3) is 0 Å². The highest BCUT2D eigenvalue weighted by molar-refractivity contribution is 7.89. The fraction of sp³-hybridized carbons (Fsp3) is 0.611. The van der Waals surface area contributed by atoms with Crippen LogP contribution in [0.4, 0.5) is 5.69 Å². The molecule has 0 aliphatic carbocycles. The maximum atomic E-state index is 13.0. The van der Waals surface area contributed by atoms with Crippen molar-refractivity contribution in [2.45, 2.75) is 39.5 Å². The molecule has 0 N–H and O–H groups in total. The summed E-state index contributed by atoms with van der Waals surface area (Å²) in [4.78, 5) is 14.9. The molecule has 0 saturated carbocycles. The number of rotatable bonds is 3. The summed E-state index contributed by atoms with van der Waals surface area (Å²) in [5, 5.41) is 0. The minimum absolute atomic E-state index is 0.0689. The summed E-state index contributed by atoms with van der Waals surface area (Å²) >= 11 is 0. The average molecular weight is 350 g/mol. The van der Waals surface area contributed by atoms with E-state index < -0.39 is 10.0 Å². The van der Waals surface area contributed by atoms with Gasteiger partial charge in [-0.3, -0.25) is 4.79 Å². The lowest BCUT2D eigenvalue weighted by Gasteiger charge is -2.36. The maximum Gasteiger partial charge on any atom is 0.230 e. The zero-order valence-electron chi connectivity index (χ0n) is 14.5. The second kappa shape index (κ2) is 6.84. The molecule has 1 aromatic rings.